The van der Waals surface area contributed by atoms with Crippen LogP contribution in [0.1, 0.15) is 51.7 Å². The fourth-order valence-corrected chi connectivity index (χ4v) is 3.41. The van der Waals surface area contributed by atoms with E-state index in [-0.39, 0.29) is 6.04 Å². The Morgan fingerprint density at radius 1 is 1.20 bits per heavy atom. The maximum atomic E-state index is 4.76. The fourth-order valence-electron chi connectivity index (χ4n) is 2.39. The predicted molar refractivity (Wildman–Crippen MR) is 87.6 cm³/mol. The summed E-state index contributed by atoms with van der Waals surface area (Å²) < 4.78 is 0. The minimum atomic E-state index is 0.216. The number of rotatable bonds is 5. The van der Waals surface area contributed by atoms with Crippen LogP contribution in [0.25, 0.3) is 0 Å². The van der Waals surface area contributed by atoms with Crippen molar-refractivity contribution in [1.29, 1.82) is 0 Å². The van der Waals surface area contributed by atoms with Crippen LogP contribution in [-0.4, -0.2) is 11.5 Å². The van der Waals surface area contributed by atoms with Gasteiger partial charge in [-0.1, -0.05) is 30.7 Å². The first kappa shape index (κ1) is 15.2. The molecule has 3 heteroatoms. The van der Waals surface area contributed by atoms with Crippen LogP contribution in [0.15, 0.2) is 18.2 Å². The first-order valence-electron chi connectivity index (χ1n) is 7.27. The number of hydrogen-bond acceptors (Lipinski definition) is 3. The Hall–Kier alpha value is -1.19. The number of hydrogen-bond donors (Lipinski definition) is 1. The van der Waals surface area contributed by atoms with Crippen molar-refractivity contribution in [3.63, 3.8) is 0 Å². The van der Waals surface area contributed by atoms with Crippen LogP contribution in [0.5, 0.6) is 0 Å². The summed E-state index contributed by atoms with van der Waals surface area (Å²) in [5.41, 5.74) is 5.15. The number of nitrogens with one attached hydrogen (secondary N) is 1. The van der Waals surface area contributed by atoms with E-state index in [1.165, 1.54) is 26.6 Å². The van der Waals surface area contributed by atoms with E-state index in [0.717, 1.165) is 18.7 Å². The average Bonchev–Trinajstić information content (AvgIpc) is 2.72. The topological polar surface area (TPSA) is 24.9 Å². The molecule has 1 aromatic carbocycles. The summed E-state index contributed by atoms with van der Waals surface area (Å²) in [5.74, 6) is 0. The molecular formula is C17H24N2S. The molecule has 1 aromatic heterocycles. The van der Waals surface area contributed by atoms with Crippen molar-refractivity contribution >= 4 is 11.3 Å². The molecule has 0 amide bonds. The maximum Gasteiger partial charge on any atom is 0.115 e. The number of aryl methyl sites for hydroxylation is 4. The Labute approximate surface area is 126 Å². The third kappa shape index (κ3) is 3.28. The van der Waals surface area contributed by atoms with Crippen LogP contribution >= 0.6 is 11.3 Å². The Balaban J connectivity index is 2.41. The smallest absolute Gasteiger partial charge is 0.115 e. The van der Waals surface area contributed by atoms with Crippen molar-refractivity contribution in [2.24, 2.45) is 0 Å². The molecule has 2 nitrogen and oxygen atoms in total. The molecule has 0 aliphatic carbocycles. The van der Waals surface area contributed by atoms with Crippen molar-refractivity contribution in [1.82, 2.24) is 10.3 Å². The van der Waals surface area contributed by atoms with E-state index in [9.17, 15) is 0 Å². The van der Waals surface area contributed by atoms with Crippen molar-refractivity contribution in [3.05, 3.63) is 50.5 Å². The van der Waals surface area contributed by atoms with E-state index in [2.05, 4.69) is 58.1 Å². The van der Waals surface area contributed by atoms with Gasteiger partial charge in [-0.15, -0.1) is 11.3 Å². The van der Waals surface area contributed by atoms with Crippen molar-refractivity contribution in [3.8, 4) is 0 Å². The summed E-state index contributed by atoms with van der Waals surface area (Å²) in [7, 11) is 0. The summed E-state index contributed by atoms with van der Waals surface area (Å²) >= 11 is 1.81. The van der Waals surface area contributed by atoms with Gasteiger partial charge in [-0.05, 0) is 51.8 Å². The largest absolute Gasteiger partial charge is 0.304 e. The predicted octanol–water partition coefficient (Wildman–Crippen LogP) is 4.47. The van der Waals surface area contributed by atoms with Gasteiger partial charge in [-0.25, -0.2) is 4.98 Å². The van der Waals surface area contributed by atoms with Gasteiger partial charge in [0.05, 0.1) is 11.7 Å². The first-order valence-corrected chi connectivity index (χ1v) is 8.09. The second-order valence-corrected chi connectivity index (χ2v) is 6.68. The van der Waals surface area contributed by atoms with Crippen molar-refractivity contribution in [2.45, 2.75) is 47.1 Å². The number of nitrogens with zero attached hydrogens (tertiary/aromatic N) is 1. The Morgan fingerprint density at radius 3 is 2.50 bits per heavy atom. The quantitative estimate of drug-likeness (QED) is 0.878. The minimum absolute atomic E-state index is 0.216. The zero-order valence-electron chi connectivity index (χ0n) is 13.1. The lowest BCUT2D eigenvalue weighted by Gasteiger charge is -2.19. The van der Waals surface area contributed by atoms with Gasteiger partial charge in [0.2, 0.25) is 0 Å². The van der Waals surface area contributed by atoms with Crippen LogP contribution in [0.4, 0.5) is 0 Å². The highest BCUT2D eigenvalue weighted by molar-refractivity contribution is 7.11. The van der Waals surface area contributed by atoms with Gasteiger partial charge in [0.1, 0.15) is 5.01 Å². The second-order valence-electron chi connectivity index (χ2n) is 5.44. The summed E-state index contributed by atoms with van der Waals surface area (Å²) in [6.45, 7) is 11.8. The molecule has 0 saturated heterocycles. The average molecular weight is 288 g/mol. The molecule has 2 rings (SSSR count). The molecule has 0 radical (unpaired) electrons. The fraction of sp³-hybridized carbons (Fsp3) is 0.471. The number of thiazole rings is 1. The van der Waals surface area contributed by atoms with E-state index in [0.29, 0.717) is 0 Å². The standard InChI is InChI=1S/C17H24N2S/c1-6-9-18-16(17-19-13(4)14(5)20-17)15-8-7-11(2)10-12(15)3/h7-8,10,16,18H,6,9H2,1-5H3. The molecule has 0 aliphatic rings. The molecule has 1 atom stereocenters. The summed E-state index contributed by atoms with van der Waals surface area (Å²) in [4.78, 5) is 6.07. The highest BCUT2D eigenvalue weighted by atomic mass is 32.1. The van der Waals surface area contributed by atoms with Gasteiger partial charge in [0.15, 0.2) is 0 Å². The maximum absolute atomic E-state index is 4.76. The summed E-state index contributed by atoms with van der Waals surface area (Å²) in [6, 6.07) is 6.90. The normalized spacial score (nSPS) is 12.7. The summed E-state index contributed by atoms with van der Waals surface area (Å²) in [5, 5.41) is 4.83. The van der Waals surface area contributed by atoms with Crippen LogP contribution < -0.4 is 5.32 Å². The van der Waals surface area contributed by atoms with Crippen LogP contribution in [0.3, 0.4) is 0 Å². The van der Waals surface area contributed by atoms with Gasteiger partial charge >= 0.3 is 0 Å². The van der Waals surface area contributed by atoms with Crippen LogP contribution in [0.2, 0.25) is 0 Å². The van der Waals surface area contributed by atoms with Gasteiger partial charge in [0, 0.05) is 4.88 Å². The van der Waals surface area contributed by atoms with E-state index in [4.69, 9.17) is 4.98 Å². The lowest BCUT2D eigenvalue weighted by molar-refractivity contribution is 0.593. The molecule has 0 bridgehead atoms. The van der Waals surface area contributed by atoms with Crippen LogP contribution in [0, 0.1) is 27.7 Å². The zero-order chi connectivity index (χ0) is 14.7. The molecule has 1 N–H and O–H groups in total. The van der Waals surface area contributed by atoms with Gasteiger partial charge in [-0.2, -0.15) is 0 Å². The minimum Gasteiger partial charge on any atom is -0.304 e. The zero-order valence-corrected chi connectivity index (χ0v) is 13.9. The van der Waals surface area contributed by atoms with Gasteiger partial charge < -0.3 is 5.32 Å². The molecular weight excluding hydrogens is 264 g/mol. The Morgan fingerprint density at radius 2 is 1.95 bits per heavy atom. The molecule has 1 heterocycles. The first-order chi connectivity index (χ1) is 9.52. The monoisotopic (exact) mass is 288 g/mol. The van der Waals surface area contributed by atoms with Crippen molar-refractivity contribution in [2.75, 3.05) is 6.54 Å². The molecule has 1 unspecified atom stereocenters. The second kappa shape index (κ2) is 6.51. The molecule has 0 spiro atoms. The lowest BCUT2D eigenvalue weighted by atomic mass is 9.99. The SMILES string of the molecule is CCCNC(c1nc(C)c(C)s1)c1ccc(C)cc1C. The van der Waals surface area contributed by atoms with Gasteiger partial charge in [0.25, 0.3) is 0 Å². The molecule has 0 fully saturated rings. The van der Waals surface area contributed by atoms with E-state index >= 15 is 0 Å². The number of aromatic nitrogens is 1. The molecule has 0 aliphatic heterocycles. The third-order valence-electron chi connectivity index (χ3n) is 3.63. The van der Waals surface area contributed by atoms with E-state index < -0.39 is 0 Å². The van der Waals surface area contributed by atoms with E-state index in [1.807, 2.05) is 11.3 Å². The third-order valence-corrected chi connectivity index (χ3v) is 4.76. The highest BCUT2D eigenvalue weighted by Crippen LogP contribution is 2.30. The molecule has 2 aromatic rings. The van der Waals surface area contributed by atoms with Gasteiger partial charge in [-0.3, -0.25) is 0 Å². The van der Waals surface area contributed by atoms with Crippen molar-refractivity contribution < 1.29 is 0 Å². The Kier molecular flexibility index (Phi) is 4.95. The molecule has 0 saturated carbocycles. The Bertz CT molecular complexity index is 567. The molecule has 20 heavy (non-hydrogen) atoms. The summed E-state index contributed by atoms with van der Waals surface area (Å²) in [6.07, 6.45) is 1.13. The van der Waals surface area contributed by atoms with E-state index in [1.54, 1.807) is 0 Å². The molecule has 108 valence electrons. The number of benzene rings is 1. The highest BCUT2D eigenvalue weighted by Gasteiger charge is 2.19. The lowest BCUT2D eigenvalue weighted by Crippen LogP contribution is -2.23. The van der Waals surface area contributed by atoms with Crippen LogP contribution in [-0.2, 0) is 0 Å².